The molecule has 1 aliphatic carbocycles. The third-order valence-electron chi connectivity index (χ3n) is 4.94. The van der Waals surface area contributed by atoms with Crippen LogP contribution in [0.4, 0.5) is 0 Å². The van der Waals surface area contributed by atoms with Gasteiger partial charge in [0, 0.05) is 29.4 Å². The zero-order valence-electron chi connectivity index (χ0n) is 14.2. The quantitative estimate of drug-likeness (QED) is 0.771. The van der Waals surface area contributed by atoms with E-state index in [1.165, 1.54) is 0 Å². The molecular weight excluding hydrogens is 350 g/mol. The number of para-hydroxylation sites is 1. The van der Waals surface area contributed by atoms with Gasteiger partial charge in [0.15, 0.2) is 5.78 Å². The number of allylic oxidation sites excluding steroid dienone is 3. The van der Waals surface area contributed by atoms with Crippen LogP contribution >= 0.6 is 11.6 Å². The molecule has 0 bridgehead atoms. The lowest BCUT2D eigenvalue weighted by atomic mass is 9.78. The molecular formula is C20H16ClN3O2. The summed E-state index contributed by atoms with van der Waals surface area (Å²) in [5.74, 6) is -0.0899. The second kappa shape index (κ2) is 6.15. The number of Topliss-reactive ketones (excluding diaryl/α,β-unsaturated/α-hetero) is 1. The van der Waals surface area contributed by atoms with Crippen molar-refractivity contribution in [2.45, 2.75) is 32.1 Å². The molecule has 0 fully saturated rings. The summed E-state index contributed by atoms with van der Waals surface area (Å²) in [6.45, 7) is 1.96. The van der Waals surface area contributed by atoms with Gasteiger partial charge in [0.1, 0.15) is 22.6 Å². The minimum Gasteiger partial charge on any atom is -0.444 e. The number of nitriles is 1. The van der Waals surface area contributed by atoms with Crippen molar-refractivity contribution in [2.75, 3.05) is 0 Å². The fourth-order valence-electron chi connectivity index (χ4n) is 3.71. The van der Waals surface area contributed by atoms with E-state index in [-0.39, 0.29) is 22.4 Å². The Morgan fingerprint density at radius 2 is 2.19 bits per heavy atom. The Bertz CT molecular complexity index is 1060. The normalized spacial score (nSPS) is 20.0. The van der Waals surface area contributed by atoms with Crippen LogP contribution < -0.4 is 5.73 Å². The molecule has 2 aliphatic rings. The highest BCUT2D eigenvalue weighted by Gasteiger charge is 2.39. The summed E-state index contributed by atoms with van der Waals surface area (Å²) >= 11 is 6.50. The van der Waals surface area contributed by atoms with Crippen molar-refractivity contribution in [3.63, 3.8) is 0 Å². The molecule has 2 heterocycles. The highest BCUT2D eigenvalue weighted by atomic mass is 35.5. The van der Waals surface area contributed by atoms with Crippen molar-refractivity contribution in [1.29, 1.82) is 5.26 Å². The standard InChI is InChI=1S/C20H16ClN3O2/c1-10-4-2-5-11-8-12(19(21)24-18(10)11)16-13(9-22)20(23)26-15-7-3-6-14(25)17(15)16/h2,4-5,8,16H,3,6-7,23H2,1H3/t16-/m1/s1. The molecule has 4 rings (SSSR count). The van der Waals surface area contributed by atoms with E-state index in [2.05, 4.69) is 11.1 Å². The van der Waals surface area contributed by atoms with Crippen LogP contribution in [0.2, 0.25) is 5.15 Å². The number of pyridine rings is 1. The Morgan fingerprint density at radius 3 is 2.96 bits per heavy atom. The van der Waals surface area contributed by atoms with Gasteiger partial charge < -0.3 is 10.5 Å². The summed E-state index contributed by atoms with van der Waals surface area (Å²) in [6.07, 6.45) is 1.76. The van der Waals surface area contributed by atoms with E-state index in [9.17, 15) is 10.1 Å². The summed E-state index contributed by atoms with van der Waals surface area (Å²) in [6, 6.07) is 9.83. The van der Waals surface area contributed by atoms with Crippen LogP contribution in [0.15, 0.2) is 47.1 Å². The molecule has 6 heteroatoms. The maximum Gasteiger partial charge on any atom is 0.205 e. The smallest absolute Gasteiger partial charge is 0.205 e. The average molecular weight is 366 g/mol. The summed E-state index contributed by atoms with van der Waals surface area (Å²) < 4.78 is 5.59. The molecule has 0 unspecified atom stereocenters. The van der Waals surface area contributed by atoms with Gasteiger partial charge in [0.25, 0.3) is 0 Å². The largest absolute Gasteiger partial charge is 0.444 e. The Hall–Kier alpha value is -2.84. The molecule has 26 heavy (non-hydrogen) atoms. The highest BCUT2D eigenvalue weighted by Crippen LogP contribution is 2.45. The monoisotopic (exact) mass is 365 g/mol. The Labute approximate surface area is 155 Å². The summed E-state index contributed by atoms with van der Waals surface area (Å²) in [5, 5.41) is 10.8. The van der Waals surface area contributed by atoms with Crippen LogP contribution in [0.25, 0.3) is 10.9 Å². The van der Waals surface area contributed by atoms with Crippen LogP contribution in [0, 0.1) is 18.3 Å². The number of carbonyl (C=O) groups excluding carboxylic acids is 1. The van der Waals surface area contributed by atoms with Crippen molar-refractivity contribution in [2.24, 2.45) is 5.73 Å². The lowest BCUT2D eigenvalue weighted by molar-refractivity contribution is -0.116. The van der Waals surface area contributed by atoms with E-state index in [1.807, 2.05) is 31.2 Å². The number of hydrogen-bond acceptors (Lipinski definition) is 5. The molecule has 130 valence electrons. The highest BCUT2D eigenvalue weighted by molar-refractivity contribution is 6.31. The number of hydrogen-bond donors (Lipinski definition) is 1. The number of rotatable bonds is 1. The maximum absolute atomic E-state index is 12.6. The Morgan fingerprint density at radius 1 is 1.38 bits per heavy atom. The van der Waals surface area contributed by atoms with Gasteiger partial charge in [-0.05, 0) is 25.0 Å². The molecule has 1 aromatic heterocycles. The topological polar surface area (TPSA) is 89.0 Å². The molecule has 1 aliphatic heterocycles. The van der Waals surface area contributed by atoms with E-state index in [1.54, 1.807) is 0 Å². The van der Waals surface area contributed by atoms with Gasteiger partial charge in [-0.3, -0.25) is 4.79 Å². The summed E-state index contributed by atoms with van der Waals surface area (Å²) in [7, 11) is 0. The van der Waals surface area contributed by atoms with Crippen LogP contribution in [0.3, 0.4) is 0 Å². The van der Waals surface area contributed by atoms with Crippen LogP contribution in [0.1, 0.15) is 36.3 Å². The number of nitrogens with two attached hydrogens (primary N) is 1. The van der Waals surface area contributed by atoms with Gasteiger partial charge in [-0.25, -0.2) is 4.98 Å². The number of halogens is 1. The Kier molecular flexibility index (Phi) is 3.93. The van der Waals surface area contributed by atoms with Crippen LogP contribution in [0.5, 0.6) is 0 Å². The third-order valence-corrected chi connectivity index (χ3v) is 5.25. The number of benzene rings is 1. The molecule has 2 aromatic rings. The molecule has 0 saturated carbocycles. The van der Waals surface area contributed by atoms with Crippen molar-refractivity contribution >= 4 is 28.3 Å². The zero-order chi connectivity index (χ0) is 18.4. The number of ether oxygens (including phenoxy) is 1. The summed E-state index contributed by atoms with van der Waals surface area (Å²) in [4.78, 5) is 17.2. The van der Waals surface area contributed by atoms with E-state index < -0.39 is 5.92 Å². The number of aryl methyl sites for hydroxylation is 1. The molecule has 1 atom stereocenters. The summed E-state index contributed by atoms with van der Waals surface area (Å²) in [5.41, 5.74) is 9.08. The predicted octanol–water partition coefficient (Wildman–Crippen LogP) is 4.01. The van der Waals surface area contributed by atoms with E-state index in [0.29, 0.717) is 36.2 Å². The second-order valence-electron chi connectivity index (χ2n) is 6.55. The minimum absolute atomic E-state index is 0.0306. The number of fused-ring (bicyclic) bond motifs is 1. The molecule has 0 spiro atoms. The van der Waals surface area contributed by atoms with Gasteiger partial charge in [-0.2, -0.15) is 5.26 Å². The zero-order valence-corrected chi connectivity index (χ0v) is 14.9. The molecule has 0 saturated heterocycles. The number of aromatic nitrogens is 1. The number of ketones is 1. The van der Waals surface area contributed by atoms with E-state index in [4.69, 9.17) is 22.1 Å². The van der Waals surface area contributed by atoms with Crippen molar-refractivity contribution in [3.05, 3.63) is 63.3 Å². The number of nitrogens with zero attached hydrogens (tertiary/aromatic N) is 2. The Balaban J connectivity index is 1.99. The van der Waals surface area contributed by atoms with Gasteiger partial charge in [-0.1, -0.05) is 29.8 Å². The first-order valence-corrected chi connectivity index (χ1v) is 8.78. The lowest BCUT2D eigenvalue weighted by Crippen LogP contribution is -2.27. The maximum atomic E-state index is 12.6. The predicted molar refractivity (Wildman–Crippen MR) is 98.0 cm³/mol. The van der Waals surface area contributed by atoms with Crippen LogP contribution in [-0.4, -0.2) is 10.8 Å². The molecule has 0 radical (unpaired) electrons. The van der Waals surface area contributed by atoms with Crippen LogP contribution in [-0.2, 0) is 9.53 Å². The first-order chi connectivity index (χ1) is 12.5. The second-order valence-corrected chi connectivity index (χ2v) is 6.91. The fourth-order valence-corrected chi connectivity index (χ4v) is 3.96. The molecule has 0 amide bonds. The minimum atomic E-state index is -0.638. The van der Waals surface area contributed by atoms with E-state index in [0.717, 1.165) is 16.5 Å². The third kappa shape index (κ3) is 2.46. The SMILES string of the molecule is Cc1cccc2cc([C@@H]3C(C#N)=C(N)OC4=C3C(=O)CCC4)c(Cl)nc12. The molecule has 2 N–H and O–H groups in total. The van der Waals surface area contributed by atoms with Gasteiger partial charge in [0.05, 0.1) is 11.4 Å². The molecule has 1 aromatic carbocycles. The van der Waals surface area contributed by atoms with Gasteiger partial charge in [0.2, 0.25) is 5.88 Å². The van der Waals surface area contributed by atoms with Gasteiger partial charge in [-0.15, -0.1) is 0 Å². The van der Waals surface area contributed by atoms with Crippen molar-refractivity contribution in [1.82, 2.24) is 4.98 Å². The first-order valence-electron chi connectivity index (χ1n) is 8.41. The average Bonchev–Trinajstić information content (AvgIpc) is 2.61. The van der Waals surface area contributed by atoms with Gasteiger partial charge >= 0.3 is 0 Å². The fraction of sp³-hybridized carbons (Fsp3) is 0.250. The molecule has 5 nitrogen and oxygen atoms in total. The first kappa shape index (κ1) is 16.6. The van der Waals surface area contributed by atoms with E-state index >= 15 is 0 Å². The van der Waals surface area contributed by atoms with Crippen molar-refractivity contribution < 1.29 is 9.53 Å². The van der Waals surface area contributed by atoms with Crippen molar-refractivity contribution in [3.8, 4) is 6.07 Å². The number of carbonyl (C=O) groups is 1. The lowest BCUT2D eigenvalue weighted by Gasteiger charge is -2.31.